The zero-order valence-corrected chi connectivity index (χ0v) is 13.3. The van der Waals surface area contributed by atoms with Crippen LogP contribution >= 0.6 is 0 Å². The third-order valence-corrected chi connectivity index (χ3v) is 2.83. The molecule has 19 heavy (non-hydrogen) atoms. The van der Waals surface area contributed by atoms with Gasteiger partial charge in [0.2, 0.25) is 0 Å². The van der Waals surface area contributed by atoms with Crippen LogP contribution in [-0.2, 0) is 17.8 Å². The molecule has 1 aromatic carbocycles. The van der Waals surface area contributed by atoms with Crippen molar-refractivity contribution in [3.8, 4) is 0 Å². The summed E-state index contributed by atoms with van der Waals surface area (Å²) >= 11 is 0. The van der Waals surface area contributed by atoms with Gasteiger partial charge in [-0.2, -0.15) is 0 Å². The predicted octanol–water partition coefficient (Wildman–Crippen LogP) is 3.93. The summed E-state index contributed by atoms with van der Waals surface area (Å²) in [5, 5.41) is 3.53. The van der Waals surface area contributed by atoms with Gasteiger partial charge >= 0.3 is 0 Å². The molecule has 0 spiro atoms. The number of ether oxygens (including phenoxy) is 1. The van der Waals surface area contributed by atoms with Crippen LogP contribution < -0.4 is 5.32 Å². The summed E-state index contributed by atoms with van der Waals surface area (Å²) in [6.45, 7) is 14.6. The van der Waals surface area contributed by atoms with Crippen molar-refractivity contribution in [3.05, 3.63) is 35.4 Å². The van der Waals surface area contributed by atoms with Crippen LogP contribution in [0.2, 0.25) is 0 Å². The van der Waals surface area contributed by atoms with Gasteiger partial charge in [0, 0.05) is 5.54 Å². The maximum absolute atomic E-state index is 5.88. The van der Waals surface area contributed by atoms with Gasteiger partial charge in [-0.05, 0) is 65.6 Å². The third-order valence-electron chi connectivity index (χ3n) is 2.83. The van der Waals surface area contributed by atoms with Crippen molar-refractivity contribution < 1.29 is 4.74 Å². The molecule has 0 aliphatic carbocycles. The largest absolute Gasteiger partial charge is 0.371 e. The lowest BCUT2D eigenvalue weighted by Crippen LogP contribution is -2.37. The first-order chi connectivity index (χ1) is 8.67. The van der Waals surface area contributed by atoms with Crippen molar-refractivity contribution in [1.82, 2.24) is 5.32 Å². The molecule has 1 N–H and O–H groups in total. The molecule has 0 saturated heterocycles. The molecule has 0 aliphatic rings. The number of hydrogen-bond donors (Lipinski definition) is 1. The highest BCUT2D eigenvalue weighted by atomic mass is 16.5. The van der Waals surface area contributed by atoms with Crippen LogP contribution in [0, 0.1) is 0 Å². The molecule has 2 nitrogen and oxygen atoms in total. The number of hydrogen-bond acceptors (Lipinski definition) is 2. The summed E-state index contributed by atoms with van der Waals surface area (Å²) in [7, 11) is 0. The van der Waals surface area contributed by atoms with Crippen LogP contribution in [-0.4, -0.2) is 17.7 Å². The summed E-state index contributed by atoms with van der Waals surface area (Å²) in [4.78, 5) is 0. The molecule has 0 heterocycles. The first kappa shape index (κ1) is 16.2. The van der Waals surface area contributed by atoms with Gasteiger partial charge in [0.1, 0.15) is 0 Å². The molecule has 1 rings (SSSR count). The highest BCUT2D eigenvalue weighted by Crippen LogP contribution is 2.16. The Kier molecular flexibility index (Phi) is 5.57. The zero-order valence-electron chi connectivity index (χ0n) is 13.3. The Morgan fingerprint density at radius 2 is 1.53 bits per heavy atom. The average molecular weight is 263 g/mol. The monoisotopic (exact) mass is 263 g/mol. The summed E-state index contributed by atoms with van der Waals surface area (Å²) < 4.78 is 5.88. The van der Waals surface area contributed by atoms with E-state index < -0.39 is 0 Å². The van der Waals surface area contributed by atoms with Crippen molar-refractivity contribution in [1.29, 1.82) is 0 Å². The number of benzene rings is 1. The minimum atomic E-state index is -0.0865. The SMILES string of the molecule is CC(C)(C)NCCc1ccccc1COC(C)(C)C. The minimum Gasteiger partial charge on any atom is -0.371 e. The second kappa shape index (κ2) is 6.53. The van der Waals surface area contributed by atoms with Crippen molar-refractivity contribution in [2.45, 2.75) is 65.7 Å². The smallest absolute Gasteiger partial charge is 0.0726 e. The molecule has 0 saturated carbocycles. The molecule has 1 aromatic rings. The van der Waals surface area contributed by atoms with E-state index >= 15 is 0 Å². The van der Waals surface area contributed by atoms with Gasteiger partial charge in [-0.25, -0.2) is 0 Å². The van der Waals surface area contributed by atoms with Crippen LogP contribution in [0.1, 0.15) is 52.7 Å². The number of nitrogens with one attached hydrogen (secondary N) is 1. The van der Waals surface area contributed by atoms with E-state index in [1.807, 2.05) is 0 Å². The van der Waals surface area contributed by atoms with Gasteiger partial charge in [-0.15, -0.1) is 0 Å². The van der Waals surface area contributed by atoms with Gasteiger partial charge in [-0.3, -0.25) is 0 Å². The fourth-order valence-electron chi connectivity index (χ4n) is 1.81. The minimum absolute atomic E-state index is 0.0865. The zero-order chi connectivity index (χ0) is 14.5. The van der Waals surface area contributed by atoms with Crippen LogP contribution in [0.4, 0.5) is 0 Å². The summed E-state index contributed by atoms with van der Waals surface area (Å²) in [6, 6.07) is 8.55. The topological polar surface area (TPSA) is 21.3 Å². The third kappa shape index (κ3) is 7.34. The van der Waals surface area contributed by atoms with Gasteiger partial charge in [0.25, 0.3) is 0 Å². The van der Waals surface area contributed by atoms with E-state index in [4.69, 9.17) is 4.74 Å². The highest BCUT2D eigenvalue weighted by Gasteiger charge is 2.12. The first-order valence-corrected chi connectivity index (χ1v) is 7.13. The lowest BCUT2D eigenvalue weighted by Gasteiger charge is -2.22. The van der Waals surface area contributed by atoms with E-state index in [0.717, 1.165) is 13.0 Å². The van der Waals surface area contributed by atoms with Gasteiger partial charge in [0.15, 0.2) is 0 Å². The Morgan fingerprint density at radius 1 is 0.947 bits per heavy atom. The molecule has 0 unspecified atom stereocenters. The Morgan fingerprint density at radius 3 is 2.05 bits per heavy atom. The molecule has 0 atom stereocenters. The fourth-order valence-corrected chi connectivity index (χ4v) is 1.81. The lowest BCUT2D eigenvalue weighted by atomic mass is 10.0. The van der Waals surface area contributed by atoms with Crippen LogP contribution in [0.5, 0.6) is 0 Å². The average Bonchev–Trinajstić information content (AvgIpc) is 2.25. The van der Waals surface area contributed by atoms with Gasteiger partial charge in [0.05, 0.1) is 12.2 Å². The van der Waals surface area contributed by atoms with E-state index in [1.165, 1.54) is 11.1 Å². The molecule has 2 heteroatoms. The molecule has 0 radical (unpaired) electrons. The summed E-state index contributed by atoms with van der Waals surface area (Å²) in [5.41, 5.74) is 2.77. The lowest BCUT2D eigenvalue weighted by molar-refractivity contribution is -0.0152. The second-order valence-corrected chi connectivity index (χ2v) is 7.10. The van der Waals surface area contributed by atoms with E-state index in [9.17, 15) is 0 Å². The van der Waals surface area contributed by atoms with E-state index in [0.29, 0.717) is 6.61 Å². The Balaban J connectivity index is 2.58. The molecule has 0 amide bonds. The van der Waals surface area contributed by atoms with Crippen LogP contribution in [0.15, 0.2) is 24.3 Å². The Bertz CT molecular complexity index is 385. The van der Waals surface area contributed by atoms with Crippen molar-refractivity contribution in [3.63, 3.8) is 0 Å². The fraction of sp³-hybridized carbons (Fsp3) is 0.647. The molecule has 0 aliphatic heterocycles. The van der Waals surface area contributed by atoms with Gasteiger partial charge < -0.3 is 10.1 Å². The van der Waals surface area contributed by atoms with E-state index in [1.54, 1.807) is 0 Å². The first-order valence-electron chi connectivity index (χ1n) is 7.13. The molecule has 0 fully saturated rings. The van der Waals surface area contributed by atoms with Crippen molar-refractivity contribution in [2.75, 3.05) is 6.54 Å². The maximum atomic E-state index is 5.88. The second-order valence-electron chi connectivity index (χ2n) is 7.10. The Labute approximate surface area is 118 Å². The quantitative estimate of drug-likeness (QED) is 0.869. The predicted molar refractivity (Wildman–Crippen MR) is 82.4 cm³/mol. The summed E-state index contributed by atoms with van der Waals surface area (Å²) in [6.07, 6.45) is 1.04. The van der Waals surface area contributed by atoms with Gasteiger partial charge in [-0.1, -0.05) is 24.3 Å². The summed E-state index contributed by atoms with van der Waals surface area (Å²) in [5.74, 6) is 0. The molecular weight excluding hydrogens is 234 g/mol. The van der Waals surface area contributed by atoms with Crippen molar-refractivity contribution >= 4 is 0 Å². The molecule has 108 valence electrons. The maximum Gasteiger partial charge on any atom is 0.0726 e. The van der Waals surface area contributed by atoms with E-state index in [-0.39, 0.29) is 11.1 Å². The highest BCUT2D eigenvalue weighted by molar-refractivity contribution is 5.26. The molecule has 0 aromatic heterocycles. The standard InChI is InChI=1S/C17H29NO/c1-16(2,3)18-12-11-14-9-7-8-10-15(14)13-19-17(4,5)6/h7-10,18H,11-13H2,1-6H3. The normalized spacial score (nSPS) is 12.7. The van der Waals surface area contributed by atoms with Crippen LogP contribution in [0.3, 0.4) is 0 Å². The number of rotatable bonds is 5. The van der Waals surface area contributed by atoms with E-state index in [2.05, 4.69) is 71.1 Å². The van der Waals surface area contributed by atoms with Crippen LogP contribution in [0.25, 0.3) is 0 Å². The van der Waals surface area contributed by atoms with Crippen molar-refractivity contribution in [2.24, 2.45) is 0 Å². The Hall–Kier alpha value is -0.860. The molecular formula is C17H29NO. The molecule has 0 bridgehead atoms.